The number of nitrogens with zero attached hydrogens (tertiary/aromatic N) is 2. The molecule has 1 aromatic heterocycles. The van der Waals surface area contributed by atoms with Gasteiger partial charge in [0.1, 0.15) is 0 Å². The van der Waals surface area contributed by atoms with E-state index in [-0.39, 0.29) is 5.56 Å². The van der Waals surface area contributed by atoms with Crippen LogP contribution in [-0.2, 0) is 6.54 Å². The summed E-state index contributed by atoms with van der Waals surface area (Å²) in [7, 11) is 0. The van der Waals surface area contributed by atoms with Gasteiger partial charge in [0.15, 0.2) is 0 Å². The predicted octanol–water partition coefficient (Wildman–Crippen LogP) is 2.32. The minimum atomic E-state index is 0.0761. The quantitative estimate of drug-likeness (QED) is 0.822. The lowest BCUT2D eigenvalue weighted by Gasteiger charge is -2.27. The molecule has 0 saturated heterocycles. The van der Waals surface area contributed by atoms with Crippen LogP contribution in [0.15, 0.2) is 11.1 Å². The van der Waals surface area contributed by atoms with Crippen molar-refractivity contribution >= 4 is 22.6 Å². The Morgan fingerprint density at radius 2 is 2.11 bits per heavy atom. The van der Waals surface area contributed by atoms with Gasteiger partial charge < -0.3 is 5.32 Å². The fourth-order valence-corrected chi connectivity index (χ4v) is 3.01. The van der Waals surface area contributed by atoms with E-state index < -0.39 is 0 Å². The molecule has 0 atom stereocenters. The number of rotatable bonds is 4. The molecule has 4 nitrogen and oxygen atoms in total. The van der Waals surface area contributed by atoms with Crippen LogP contribution in [0.25, 0.3) is 0 Å². The first-order valence-electron chi connectivity index (χ1n) is 7.03. The van der Waals surface area contributed by atoms with Crippen LogP contribution in [0, 0.1) is 16.4 Å². The zero-order valence-electron chi connectivity index (χ0n) is 11.7. The van der Waals surface area contributed by atoms with Crippen LogP contribution in [0.3, 0.4) is 0 Å². The maximum atomic E-state index is 12.0. The second kappa shape index (κ2) is 6.83. The molecular weight excluding hydrogens is 353 g/mol. The maximum Gasteiger partial charge on any atom is 0.267 e. The Balaban J connectivity index is 1.83. The van der Waals surface area contributed by atoms with Crippen LogP contribution >= 0.6 is 22.6 Å². The summed E-state index contributed by atoms with van der Waals surface area (Å²) in [5.41, 5.74) is 0.892. The molecule has 106 valence electrons. The van der Waals surface area contributed by atoms with Crippen LogP contribution in [-0.4, -0.2) is 22.1 Å². The monoisotopic (exact) mass is 375 g/mol. The Morgan fingerprint density at radius 3 is 2.79 bits per heavy atom. The van der Waals surface area contributed by atoms with Crippen LogP contribution < -0.4 is 10.9 Å². The lowest BCUT2D eigenvalue weighted by Crippen LogP contribution is -2.36. The van der Waals surface area contributed by atoms with Crippen LogP contribution in [0.5, 0.6) is 0 Å². The highest BCUT2D eigenvalue weighted by Gasteiger charge is 2.17. The molecule has 1 aromatic rings. The first-order valence-corrected chi connectivity index (χ1v) is 8.10. The zero-order chi connectivity index (χ0) is 13.8. The third-order valence-corrected chi connectivity index (χ3v) is 5.20. The highest BCUT2D eigenvalue weighted by atomic mass is 127. The average molecular weight is 375 g/mol. The Bertz CT molecular complexity index is 478. The van der Waals surface area contributed by atoms with Crippen molar-refractivity contribution in [1.29, 1.82) is 0 Å². The second-order valence-corrected chi connectivity index (χ2v) is 6.63. The molecule has 1 saturated carbocycles. The van der Waals surface area contributed by atoms with Crippen molar-refractivity contribution in [2.24, 2.45) is 5.92 Å². The van der Waals surface area contributed by atoms with E-state index >= 15 is 0 Å². The van der Waals surface area contributed by atoms with E-state index in [1.165, 1.54) is 25.7 Å². The average Bonchev–Trinajstić information content (AvgIpc) is 2.41. The van der Waals surface area contributed by atoms with Crippen LogP contribution in [0.4, 0.5) is 0 Å². The summed E-state index contributed by atoms with van der Waals surface area (Å²) < 4.78 is 2.43. The van der Waals surface area contributed by atoms with Crippen LogP contribution in [0.1, 0.15) is 38.3 Å². The molecule has 1 fully saturated rings. The lowest BCUT2D eigenvalue weighted by molar-refractivity contribution is 0.305. The molecule has 2 rings (SSSR count). The van der Waals surface area contributed by atoms with Gasteiger partial charge in [-0.05, 0) is 61.1 Å². The number of aryl methyl sites for hydroxylation is 1. The summed E-state index contributed by atoms with van der Waals surface area (Å²) in [6, 6.07) is 0.629. The van der Waals surface area contributed by atoms with Crippen molar-refractivity contribution in [1.82, 2.24) is 14.9 Å². The molecule has 0 radical (unpaired) electrons. The largest absolute Gasteiger partial charge is 0.312 e. The summed E-state index contributed by atoms with van der Waals surface area (Å²) in [6.07, 6.45) is 6.83. The molecule has 1 N–H and O–H groups in total. The molecule has 0 amide bonds. The van der Waals surface area contributed by atoms with Crippen molar-refractivity contribution < 1.29 is 0 Å². The highest BCUT2D eigenvalue weighted by Crippen LogP contribution is 2.23. The first kappa shape index (κ1) is 15.0. The fourth-order valence-electron chi connectivity index (χ4n) is 2.56. The van der Waals surface area contributed by atoms with Gasteiger partial charge in [0.2, 0.25) is 0 Å². The van der Waals surface area contributed by atoms with E-state index in [1.54, 1.807) is 10.9 Å². The summed E-state index contributed by atoms with van der Waals surface area (Å²) >= 11 is 2.08. The Kier molecular flexibility index (Phi) is 5.38. The van der Waals surface area contributed by atoms with Gasteiger partial charge in [-0.1, -0.05) is 6.92 Å². The Labute approximate surface area is 128 Å². The molecular formula is C14H22IN3O. The van der Waals surface area contributed by atoms with E-state index in [2.05, 4.69) is 39.8 Å². The number of nitrogens with one attached hydrogen (secondary N) is 1. The van der Waals surface area contributed by atoms with Gasteiger partial charge in [-0.25, -0.2) is 4.98 Å². The summed E-state index contributed by atoms with van der Waals surface area (Å²) in [4.78, 5) is 16.2. The number of aromatic nitrogens is 2. The van der Waals surface area contributed by atoms with E-state index in [1.807, 2.05) is 6.92 Å². The van der Waals surface area contributed by atoms with Crippen molar-refractivity contribution in [3.8, 4) is 0 Å². The number of hydrogen-bond donors (Lipinski definition) is 1. The van der Waals surface area contributed by atoms with Gasteiger partial charge in [-0.15, -0.1) is 0 Å². The number of halogens is 1. The van der Waals surface area contributed by atoms with Gasteiger partial charge >= 0.3 is 0 Å². The SMILES string of the molecule is Cc1ncn(CCNC2CCC(C)CC2)c(=O)c1I. The smallest absolute Gasteiger partial charge is 0.267 e. The second-order valence-electron chi connectivity index (χ2n) is 5.55. The summed E-state index contributed by atoms with van der Waals surface area (Å²) in [5.74, 6) is 0.878. The van der Waals surface area contributed by atoms with Crippen molar-refractivity contribution in [3.05, 3.63) is 25.9 Å². The van der Waals surface area contributed by atoms with Gasteiger partial charge in [-0.3, -0.25) is 9.36 Å². The fraction of sp³-hybridized carbons (Fsp3) is 0.714. The summed E-state index contributed by atoms with van der Waals surface area (Å²) in [6.45, 7) is 5.75. The number of hydrogen-bond acceptors (Lipinski definition) is 3. The van der Waals surface area contributed by atoms with Crippen molar-refractivity contribution in [3.63, 3.8) is 0 Å². The zero-order valence-corrected chi connectivity index (χ0v) is 13.8. The molecule has 1 aliphatic carbocycles. The summed E-state index contributed by atoms with van der Waals surface area (Å²) in [5, 5.41) is 3.56. The van der Waals surface area contributed by atoms with E-state index in [4.69, 9.17) is 0 Å². The van der Waals surface area contributed by atoms with Gasteiger partial charge in [0.05, 0.1) is 15.6 Å². The van der Waals surface area contributed by atoms with Gasteiger partial charge in [0, 0.05) is 19.1 Å². The predicted molar refractivity (Wildman–Crippen MR) is 85.4 cm³/mol. The molecule has 5 heteroatoms. The maximum absolute atomic E-state index is 12.0. The molecule has 0 spiro atoms. The molecule has 1 heterocycles. The van der Waals surface area contributed by atoms with Gasteiger partial charge in [-0.2, -0.15) is 0 Å². The molecule has 19 heavy (non-hydrogen) atoms. The standard InChI is InChI=1S/C14H22IN3O/c1-10-3-5-12(6-4-10)16-7-8-18-9-17-11(2)13(15)14(18)19/h9-10,12,16H,3-8H2,1-2H3. The highest BCUT2D eigenvalue weighted by molar-refractivity contribution is 14.1. The third kappa shape index (κ3) is 4.02. The third-order valence-electron chi connectivity index (χ3n) is 3.96. The Morgan fingerprint density at radius 1 is 1.42 bits per heavy atom. The topological polar surface area (TPSA) is 46.9 Å². The van der Waals surface area contributed by atoms with Gasteiger partial charge in [0.25, 0.3) is 5.56 Å². The van der Waals surface area contributed by atoms with E-state index in [0.29, 0.717) is 12.6 Å². The van der Waals surface area contributed by atoms with E-state index in [9.17, 15) is 4.79 Å². The van der Waals surface area contributed by atoms with E-state index in [0.717, 1.165) is 21.7 Å². The first-order chi connectivity index (χ1) is 9.08. The lowest BCUT2D eigenvalue weighted by atomic mass is 9.87. The van der Waals surface area contributed by atoms with Crippen LogP contribution in [0.2, 0.25) is 0 Å². The molecule has 0 aliphatic heterocycles. The minimum Gasteiger partial charge on any atom is -0.312 e. The minimum absolute atomic E-state index is 0.0761. The van der Waals surface area contributed by atoms with Crippen molar-refractivity contribution in [2.75, 3.05) is 6.54 Å². The molecule has 1 aliphatic rings. The van der Waals surface area contributed by atoms with Crippen molar-refractivity contribution in [2.45, 2.75) is 52.1 Å². The molecule has 0 aromatic carbocycles. The normalized spacial score (nSPS) is 23.5. The molecule has 0 unspecified atom stereocenters. The molecule has 0 bridgehead atoms. The Hall–Kier alpha value is -0.430.